The Morgan fingerprint density at radius 1 is 0.704 bits per heavy atom. The predicted octanol–water partition coefficient (Wildman–Crippen LogP) is 5.01. The van der Waals surface area contributed by atoms with Gasteiger partial charge in [-0.05, 0) is 76.3 Å². The van der Waals surface area contributed by atoms with Crippen LogP contribution >= 0.6 is 0 Å². The first-order valence-electron chi connectivity index (χ1n) is 10.9. The van der Waals surface area contributed by atoms with Gasteiger partial charge in [0.05, 0.1) is 0 Å². The van der Waals surface area contributed by atoms with Crippen LogP contribution in [0, 0.1) is 0 Å². The molecule has 5 nitrogen and oxygen atoms in total. The number of unbranched alkanes of at least 4 members (excludes halogenated alkanes) is 2. The van der Waals surface area contributed by atoms with E-state index >= 15 is 0 Å². The number of aryl methyl sites for hydroxylation is 2. The van der Waals surface area contributed by atoms with Crippen molar-refractivity contribution >= 4 is 0 Å². The van der Waals surface area contributed by atoms with Crippen LogP contribution in [0.5, 0.6) is 0 Å². The third kappa shape index (κ3) is 8.34. The zero-order valence-electron chi connectivity index (χ0n) is 16.7. The molecule has 0 spiro atoms. The van der Waals surface area contributed by atoms with E-state index in [0.717, 1.165) is 89.3 Å². The fourth-order valence-corrected chi connectivity index (χ4v) is 3.61. The monoisotopic (exact) mass is 380 g/mol. The average molecular weight is 381 g/mol. The summed E-state index contributed by atoms with van der Waals surface area (Å²) in [6, 6.07) is 4.24. The largest absolute Gasteiger partial charge is 0.466 e. The summed E-state index contributed by atoms with van der Waals surface area (Å²) in [7, 11) is 0. The molecule has 0 aliphatic carbocycles. The summed E-state index contributed by atoms with van der Waals surface area (Å²) in [5.41, 5.74) is 0. The smallest absolute Gasteiger partial charge is 0.157 e. The molecular weight excluding hydrogens is 344 g/mol. The van der Waals surface area contributed by atoms with Crippen LogP contribution < -0.4 is 0 Å². The van der Waals surface area contributed by atoms with Crippen molar-refractivity contribution in [3.05, 3.63) is 23.7 Å². The lowest BCUT2D eigenvalue weighted by molar-refractivity contribution is -0.163. The maximum absolute atomic E-state index is 5.95. The summed E-state index contributed by atoms with van der Waals surface area (Å²) in [5, 5.41) is 0. The van der Waals surface area contributed by atoms with Gasteiger partial charge in [0.15, 0.2) is 12.6 Å². The molecule has 27 heavy (non-hydrogen) atoms. The fourth-order valence-electron chi connectivity index (χ4n) is 3.61. The summed E-state index contributed by atoms with van der Waals surface area (Å²) in [5.74, 6) is 2.18. The van der Waals surface area contributed by atoms with Crippen LogP contribution in [0.25, 0.3) is 0 Å². The van der Waals surface area contributed by atoms with Crippen LogP contribution in [0.15, 0.2) is 16.5 Å². The Balaban J connectivity index is 1.18. The Kier molecular flexibility index (Phi) is 9.69. The van der Waals surface area contributed by atoms with Crippen LogP contribution in [0.3, 0.4) is 0 Å². The number of ether oxygens (including phenoxy) is 4. The molecule has 2 saturated heterocycles. The molecule has 3 heterocycles. The standard InChI is InChI=1S/C22H36O5/c1(5-15-23-21-11-3-7-17-25-21)9-19-13-14-20(27-19)10-2-6-16-24-22-12-4-8-18-26-22/h13-14,21-22H,1-12,15-18H2. The summed E-state index contributed by atoms with van der Waals surface area (Å²) < 4.78 is 28.6. The molecule has 0 radical (unpaired) electrons. The quantitative estimate of drug-likeness (QED) is 0.477. The Hall–Kier alpha value is -0.880. The van der Waals surface area contributed by atoms with E-state index in [4.69, 9.17) is 23.4 Å². The van der Waals surface area contributed by atoms with Gasteiger partial charge in [0, 0.05) is 39.3 Å². The Labute approximate surface area is 163 Å². The summed E-state index contributed by atoms with van der Waals surface area (Å²) in [6.45, 7) is 3.26. The lowest BCUT2D eigenvalue weighted by atomic mass is 10.2. The highest BCUT2D eigenvalue weighted by Crippen LogP contribution is 2.17. The Morgan fingerprint density at radius 3 is 1.67 bits per heavy atom. The molecule has 2 unspecified atom stereocenters. The Morgan fingerprint density at radius 2 is 1.22 bits per heavy atom. The number of rotatable bonds is 12. The highest BCUT2D eigenvalue weighted by Gasteiger charge is 2.14. The molecule has 154 valence electrons. The lowest BCUT2D eigenvalue weighted by Gasteiger charge is -2.22. The molecule has 0 aromatic carbocycles. The first-order chi connectivity index (χ1) is 13.4. The predicted molar refractivity (Wildman–Crippen MR) is 104 cm³/mol. The van der Waals surface area contributed by atoms with Crippen LogP contribution in [0.4, 0.5) is 0 Å². The normalized spacial score (nSPS) is 23.6. The summed E-state index contributed by atoms with van der Waals surface area (Å²) in [4.78, 5) is 0. The second-order valence-electron chi connectivity index (χ2n) is 7.62. The topological polar surface area (TPSA) is 50.1 Å². The van der Waals surface area contributed by atoms with Gasteiger partial charge in [0.25, 0.3) is 0 Å². The Bertz CT molecular complexity index is 446. The van der Waals surface area contributed by atoms with Gasteiger partial charge in [-0.25, -0.2) is 0 Å². The second-order valence-corrected chi connectivity index (χ2v) is 7.62. The molecule has 2 aliphatic rings. The van der Waals surface area contributed by atoms with Gasteiger partial charge in [-0.2, -0.15) is 0 Å². The minimum absolute atomic E-state index is 0.0302. The molecule has 2 fully saturated rings. The van der Waals surface area contributed by atoms with Crippen molar-refractivity contribution < 1.29 is 23.4 Å². The zero-order valence-corrected chi connectivity index (χ0v) is 16.7. The number of furan rings is 1. The molecule has 3 rings (SSSR count). The maximum atomic E-state index is 5.95. The van der Waals surface area contributed by atoms with E-state index in [-0.39, 0.29) is 12.6 Å². The molecule has 1 aromatic rings. The summed E-state index contributed by atoms with van der Waals surface area (Å²) >= 11 is 0. The van der Waals surface area contributed by atoms with E-state index < -0.39 is 0 Å². The second kappa shape index (κ2) is 12.6. The third-order valence-corrected chi connectivity index (χ3v) is 5.24. The molecule has 2 atom stereocenters. The molecule has 2 aliphatic heterocycles. The minimum atomic E-state index is 0.0302. The van der Waals surface area contributed by atoms with Crippen molar-refractivity contribution in [2.75, 3.05) is 26.4 Å². The van der Waals surface area contributed by atoms with Crippen LogP contribution in [-0.4, -0.2) is 39.0 Å². The lowest BCUT2D eigenvalue weighted by Crippen LogP contribution is -2.22. The van der Waals surface area contributed by atoms with Gasteiger partial charge >= 0.3 is 0 Å². The number of hydrogen-bond donors (Lipinski definition) is 0. The highest BCUT2D eigenvalue weighted by atomic mass is 16.7. The van der Waals surface area contributed by atoms with Crippen molar-refractivity contribution in [3.63, 3.8) is 0 Å². The van der Waals surface area contributed by atoms with Crippen molar-refractivity contribution in [1.29, 1.82) is 0 Å². The molecule has 0 bridgehead atoms. The van der Waals surface area contributed by atoms with E-state index in [9.17, 15) is 0 Å². The molecule has 0 saturated carbocycles. The van der Waals surface area contributed by atoms with Crippen LogP contribution in [0.1, 0.15) is 75.7 Å². The van der Waals surface area contributed by atoms with E-state index in [1.807, 2.05) is 0 Å². The summed E-state index contributed by atoms with van der Waals surface area (Å²) in [6.07, 6.45) is 13.2. The van der Waals surface area contributed by atoms with Crippen molar-refractivity contribution in [3.8, 4) is 0 Å². The van der Waals surface area contributed by atoms with Crippen molar-refractivity contribution in [2.24, 2.45) is 0 Å². The molecule has 0 amide bonds. The van der Waals surface area contributed by atoms with Crippen molar-refractivity contribution in [1.82, 2.24) is 0 Å². The zero-order chi connectivity index (χ0) is 18.6. The van der Waals surface area contributed by atoms with Gasteiger partial charge in [0.2, 0.25) is 0 Å². The SMILES string of the molecule is c1cc(CCCCOC2CCCCO2)oc1CCCCOC1CCCCO1. The molecule has 0 N–H and O–H groups in total. The van der Waals surface area contributed by atoms with E-state index in [1.165, 1.54) is 25.7 Å². The fraction of sp³-hybridized carbons (Fsp3) is 0.818. The van der Waals surface area contributed by atoms with Crippen LogP contribution in [0.2, 0.25) is 0 Å². The molecular formula is C22H36O5. The maximum Gasteiger partial charge on any atom is 0.157 e. The third-order valence-electron chi connectivity index (χ3n) is 5.24. The highest BCUT2D eigenvalue weighted by molar-refractivity contribution is 5.07. The van der Waals surface area contributed by atoms with Gasteiger partial charge in [-0.3, -0.25) is 0 Å². The molecule has 5 heteroatoms. The molecule has 1 aromatic heterocycles. The number of hydrogen-bond acceptors (Lipinski definition) is 5. The van der Waals surface area contributed by atoms with E-state index in [2.05, 4.69) is 12.1 Å². The minimum Gasteiger partial charge on any atom is -0.466 e. The average Bonchev–Trinajstić information content (AvgIpc) is 3.17. The van der Waals surface area contributed by atoms with Gasteiger partial charge in [-0.1, -0.05) is 0 Å². The van der Waals surface area contributed by atoms with Gasteiger partial charge in [0.1, 0.15) is 11.5 Å². The van der Waals surface area contributed by atoms with E-state index in [1.54, 1.807) is 0 Å². The first-order valence-corrected chi connectivity index (χ1v) is 10.9. The van der Waals surface area contributed by atoms with Crippen LogP contribution in [-0.2, 0) is 31.8 Å². The van der Waals surface area contributed by atoms with Gasteiger partial charge < -0.3 is 23.4 Å². The first kappa shape index (κ1) is 20.8. The van der Waals surface area contributed by atoms with Crippen molar-refractivity contribution in [2.45, 2.75) is 89.6 Å². The van der Waals surface area contributed by atoms with E-state index in [0.29, 0.717) is 0 Å². The van der Waals surface area contributed by atoms with Gasteiger partial charge in [-0.15, -0.1) is 0 Å².